The maximum absolute atomic E-state index is 12.1. The zero-order valence-electron chi connectivity index (χ0n) is 12.3. The lowest BCUT2D eigenvalue weighted by Crippen LogP contribution is -2.62. The Balaban J connectivity index is 2.25. The van der Waals surface area contributed by atoms with E-state index in [4.69, 9.17) is 5.73 Å². The molecule has 0 saturated heterocycles. The highest BCUT2D eigenvalue weighted by Gasteiger charge is 2.51. The van der Waals surface area contributed by atoms with Gasteiger partial charge in [0.25, 0.3) is 0 Å². The molecular formula is C14H28N2O2S. The molecule has 2 unspecified atom stereocenters. The second-order valence-electron chi connectivity index (χ2n) is 6.42. The molecular weight excluding hydrogens is 260 g/mol. The van der Waals surface area contributed by atoms with Gasteiger partial charge in [-0.25, -0.2) is 8.42 Å². The van der Waals surface area contributed by atoms with Crippen molar-refractivity contribution < 1.29 is 8.42 Å². The van der Waals surface area contributed by atoms with Crippen LogP contribution in [0.1, 0.15) is 51.4 Å². The number of hydrogen-bond donors (Lipinski definition) is 1. The standard InChI is InChI=1S/C14H28N2O2S/c1-16(12-7-4-3-5-8-12)14(11-15)10-6-9-13(14)19(2,17)18/h12-13H,3-11,15H2,1-2H3. The van der Waals surface area contributed by atoms with E-state index in [1.165, 1.54) is 38.4 Å². The molecule has 0 radical (unpaired) electrons. The fraction of sp³-hybridized carbons (Fsp3) is 1.00. The Morgan fingerprint density at radius 2 is 1.79 bits per heavy atom. The van der Waals surface area contributed by atoms with Crippen molar-refractivity contribution in [2.24, 2.45) is 5.73 Å². The Labute approximate surface area is 117 Å². The third kappa shape index (κ3) is 2.83. The van der Waals surface area contributed by atoms with Crippen molar-refractivity contribution in [2.75, 3.05) is 19.8 Å². The summed E-state index contributed by atoms with van der Waals surface area (Å²) in [7, 11) is -0.924. The van der Waals surface area contributed by atoms with Crippen LogP contribution in [-0.4, -0.2) is 50.0 Å². The minimum absolute atomic E-state index is 0.281. The summed E-state index contributed by atoms with van der Waals surface area (Å²) in [6, 6.07) is 0.514. The van der Waals surface area contributed by atoms with Crippen LogP contribution in [0.4, 0.5) is 0 Å². The molecule has 0 aliphatic heterocycles. The molecule has 2 saturated carbocycles. The van der Waals surface area contributed by atoms with Gasteiger partial charge in [-0.05, 0) is 32.7 Å². The summed E-state index contributed by atoms with van der Waals surface area (Å²) < 4.78 is 24.2. The van der Waals surface area contributed by atoms with Gasteiger partial charge in [-0.3, -0.25) is 4.90 Å². The smallest absolute Gasteiger partial charge is 0.152 e. The van der Waals surface area contributed by atoms with E-state index in [0.717, 1.165) is 19.3 Å². The van der Waals surface area contributed by atoms with E-state index in [1.54, 1.807) is 0 Å². The van der Waals surface area contributed by atoms with E-state index in [0.29, 0.717) is 12.6 Å². The van der Waals surface area contributed by atoms with Gasteiger partial charge >= 0.3 is 0 Å². The van der Waals surface area contributed by atoms with Gasteiger partial charge in [0.15, 0.2) is 9.84 Å². The van der Waals surface area contributed by atoms with Crippen LogP contribution in [-0.2, 0) is 9.84 Å². The van der Waals surface area contributed by atoms with Crippen LogP contribution < -0.4 is 5.73 Å². The molecule has 0 aromatic heterocycles. The first kappa shape index (κ1) is 15.3. The molecule has 4 nitrogen and oxygen atoms in total. The molecule has 0 heterocycles. The van der Waals surface area contributed by atoms with Gasteiger partial charge in [-0.1, -0.05) is 25.7 Å². The molecule has 0 aromatic carbocycles. The third-order valence-corrected chi connectivity index (χ3v) is 7.08. The van der Waals surface area contributed by atoms with Crippen LogP contribution in [0.3, 0.4) is 0 Å². The second-order valence-corrected chi connectivity index (χ2v) is 8.65. The molecule has 2 aliphatic carbocycles. The predicted octanol–water partition coefficient (Wildman–Crippen LogP) is 1.55. The topological polar surface area (TPSA) is 63.4 Å². The molecule has 0 spiro atoms. The molecule has 0 bridgehead atoms. The monoisotopic (exact) mass is 288 g/mol. The molecule has 2 fully saturated rings. The highest BCUT2D eigenvalue weighted by molar-refractivity contribution is 7.91. The summed E-state index contributed by atoms with van der Waals surface area (Å²) in [5.41, 5.74) is 5.73. The Bertz CT molecular complexity index is 404. The zero-order chi connectivity index (χ0) is 14.1. The Hall–Kier alpha value is -0.130. The van der Waals surface area contributed by atoms with E-state index in [9.17, 15) is 8.42 Å². The first-order valence-electron chi connectivity index (χ1n) is 7.54. The van der Waals surface area contributed by atoms with Crippen molar-refractivity contribution in [3.05, 3.63) is 0 Å². The summed E-state index contributed by atoms with van der Waals surface area (Å²) in [5, 5.41) is -0.281. The van der Waals surface area contributed by atoms with E-state index in [2.05, 4.69) is 11.9 Å². The van der Waals surface area contributed by atoms with Crippen LogP contribution >= 0.6 is 0 Å². The second kappa shape index (κ2) is 5.70. The lowest BCUT2D eigenvalue weighted by molar-refractivity contribution is 0.0639. The van der Waals surface area contributed by atoms with Crippen LogP contribution in [0.5, 0.6) is 0 Å². The molecule has 2 N–H and O–H groups in total. The summed E-state index contributed by atoms with van der Waals surface area (Å²) in [4.78, 5) is 2.34. The van der Waals surface area contributed by atoms with Gasteiger partial charge in [0.2, 0.25) is 0 Å². The van der Waals surface area contributed by atoms with E-state index in [-0.39, 0.29) is 10.8 Å². The lowest BCUT2D eigenvalue weighted by Gasteiger charge is -2.47. The van der Waals surface area contributed by atoms with Gasteiger partial charge < -0.3 is 5.73 Å². The SMILES string of the molecule is CN(C1CCCCC1)C1(CN)CCCC1S(C)(=O)=O. The van der Waals surface area contributed by atoms with Crippen molar-refractivity contribution in [3.8, 4) is 0 Å². The predicted molar refractivity (Wildman–Crippen MR) is 78.9 cm³/mol. The molecule has 2 aliphatic rings. The number of likely N-dealkylation sites (N-methyl/N-ethyl adjacent to an activating group) is 1. The van der Waals surface area contributed by atoms with Gasteiger partial charge in [0.05, 0.1) is 5.25 Å². The largest absolute Gasteiger partial charge is 0.329 e. The summed E-state index contributed by atoms with van der Waals surface area (Å²) >= 11 is 0. The van der Waals surface area contributed by atoms with Crippen molar-refractivity contribution in [2.45, 2.75) is 68.2 Å². The Morgan fingerprint density at radius 3 is 2.32 bits per heavy atom. The van der Waals surface area contributed by atoms with Crippen LogP contribution in [0.2, 0.25) is 0 Å². The van der Waals surface area contributed by atoms with Crippen molar-refractivity contribution in [1.29, 1.82) is 0 Å². The van der Waals surface area contributed by atoms with Crippen molar-refractivity contribution >= 4 is 9.84 Å². The van der Waals surface area contributed by atoms with Gasteiger partial charge in [-0.2, -0.15) is 0 Å². The molecule has 0 aromatic rings. The number of hydrogen-bond acceptors (Lipinski definition) is 4. The van der Waals surface area contributed by atoms with Gasteiger partial charge in [0.1, 0.15) is 0 Å². The van der Waals surface area contributed by atoms with Crippen LogP contribution in [0.25, 0.3) is 0 Å². The molecule has 5 heteroatoms. The van der Waals surface area contributed by atoms with E-state index < -0.39 is 9.84 Å². The third-order valence-electron chi connectivity index (χ3n) is 5.37. The van der Waals surface area contributed by atoms with Gasteiger partial charge in [0, 0.05) is 24.4 Å². The highest BCUT2D eigenvalue weighted by atomic mass is 32.2. The maximum Gasteiger partial charge on any atom is 0.152 e. The Kier molecular flexibility index (Phi) is 4.58. The van der Waals surface area contributed by atoms with Crippen molar-refractivity contribution in [3.63, 3.8) is 0 Å². The number of nitrogens with two attached hydrogens (primary N) is 1. The first-order valence-corrected chi connectivity index (χ1v) is 9.49. The minimum atomic E-state index is -3.03. The lowest BCUT2D eigenvalue weighted by atomic mass is 9.87. The Morgan fingerprint density at radius 1 is 1.16 bits per heavy atom. The van der Waals surface area contributed by atoms with Crippen molar-refractivity contribution in [1.82, 2.24) is 4.90 Å². The average Bonchev–Trinajstić information content (AvgIpc) is 2.84. The quantitative estimate of drug-likeness (QED) is 0.852. The fourth-order valence-corrected chi connectivity index (χ4v) is 6.02. The van der Waals surface area contributed by atoms with Crippen LogP contribution in [0, 0.1) is 0 Å². The summed E-state index contributed by atoms with van der Waals surface area (Å²) in [6.07, 6.45) is 10.3. The molecule has 2 atom stereocenters. The fourth-order valence-electron chi connectivity index (χ4n) is 4.25. The number of sulfone groups is 1. The first-order chi connectivity index (χ1) is 8.92. The molecule has 2 rings (SSSR count). The van der Waals surface area contributed by atoms with Crippen LogP contribution in [0.15, 0.2) is 0 Å². The molecule has 112 valence electrons. The number of rotatable bonds is 4. The average molecular weight is 288 g/mol. The maximum atomic E-state index is 12.1. The van der Waals surface area contributed by atoms with E-state index in [1.807, 2.05) is 0 Å². The molecule has 0 amide bonds. The normalized spacial score (nSPS) is 34.0. The van der Waals surface area contributed by atoms with E-state index >= 15 is 0 Å². The number of nitrogens with zero attached hydrogens (tertiary/aromatic N) is 1. The summed E-state index contributed by atoms with van der Waals surface area (Å²) in [5.74, 6) is 0. The minimum Gasteiger partial charge on any atom is -0.329 e. The summed E-state index contributed by atoms with van der Waals surface area (Å²) in [6.45, 7) is 0.456. The highest BCUT2D eigenvalue weighted by Crippen LogP contribution is 2.41. The molecule has 19 heavy (non-hydrogen) atoms. The van der Waals surface area contributed by atoms with Gasteiger partial charge in [-0.15, -0.1) is 0 Å². The zero-order valence-corrected chi connectivity index (χ0v) is 13.1.